The van der Waals surface area contributed by atoms with Crippen molar-refractivity contribution in [3.63, 3.8) is 0 Å². The van der Waals surface area contributed by atoms with Crippen LogP contribution in [0.4, 0.5) is 10.5 Å². The molecule has 132 valence electrons. The van der Waals surface area contributed by atoms with Gasteiger partial charge in [0.2, 0.25) is 0 Å². The zero-order valence-corrected chi connectivity index (χ0v) is 16.2. The van der Waals surface area contributed by atoms with Crippen molar-refractivity contribution in [3.05, 3.63) is 87.6 Å². The molecule has 1 aliphatic rings. The van der Waals surface area contributed by atoms with Crippen molar-refractivity contribution in [2.45, 2.75) is 12.6 Å². The minimum atomic E-state index is -0.133. The summed E-state index contributed by atoms with van der Waals surface area (Å²) in [5.41, 5.74) is 2.88. The van der Waals surface area contributed by atoms with Gasteiger partial charge in [-0.3, -0.25) is 0 Å². The highest BCUT2D eigenvalue weighted by Crippen LogP contribution is 2.33. The van der Waals surface area contributed by atoms with Gasteiger partial charge in [-0.25, -0.2) is 4.79 Å². The second-order valence-electron chi connectivity index (χ2n) is 6.21. The van der Waals surface area contributed by atoms with Crippen LogP contribution < -0.4 is 5.32 Å². The van der Waals surface area contributed by atoms with Gasteiger partial charge in [0.25, 0.3) is 0 Å². The molecule has 4 nitrogen and oxygen atoms in total. The molecule has 1 N–H and O–H groups in total. The monoisotopic (exact) mass is 429 g/mol. The number of carbonyl (C=O) groups excluding carboxylic acids is 1. The number of nitrogens with one attached hydrogen (secondary N) is 1. The van der Waals surface area contributed by atoms with Gasteiger partial charge < -0.3 is 14.8 Å². The van der Waals surface area contributed by atoms with Gasteiger partial charge in [-0.05, 0) is 48.0 Å². The number of rotatable bonds is 2. The first-order valence-corrected chi connectivity index (χ1v) is 9.52. The van der Waals surface area contributed by atoms with E-state index in [0.717, 1.165) is 22.3 Å². The summed E-state index contributed by atoms with van der Waals surface area (Å²) in [5, 5.41) is 3.57. The number of amides is 2. The molecule has 1 aromatic heterocycles. The number of hydrogen-bond acceptors (Lipinski definition) is 1. The van der Waals surface area contributed by atoms with Gasteiger partial charge in [-0.2, -0.15) is 0 Å². The Labute approximate surface area is 165 Å². The molecule has 1 unspecified atom stereocenters. The molecule has 2 heterocycles. The van der Waals surface area contributed by atoms with Crippen LogP contribution in [0.3, 0.4) is 0 Å². The number of nitrogens with zero attached hydrogens (tertiary/aromatic N) is 2. The van der Waals surface area contributed by atoms with Gasteiger partial charge in [0.1, 0.15) is 0 Å². The van der Waals surface area contributed by atoms with E-state index >= 15 is 0 Å². The van der Waals surface area contributed by atoms with E-state index in [9.17, 15) is 4.79 Å². The Morgan fingerprint density at radius 3 is 2.65 bits per heavy atom. The van der Waals surface area contributed by atoms with E-state index in [1.165, 1.54) is 0 Å². The lowest BCUT2D eigenvalue weighted by Crippen LogP contribution is -2.44. The molecule has 3 aromatic rings. The summed E-state index contributed by atoms with van der Waals surface area (Å²) in [6.45, 7) is 1.41. The second-order valence-corrected chi connectivity index (χ2v) is 7.57. The highest BCUT2D eigenvalue weighted by atomic mass is 79.9. The number of hydrogen-bond donors (Lipinski definition) is 1. The van der Waals surface area contributed by atoms with Crippen LogP contribution in [-0.4, -0.2) is 22.0 Å². The summed E-state index contributed by atoms with van der Waals surface area (Å²) in [7, 11) is 0. The van der Waals surface area contributed by atoms with Crippen molar-refractivity contribution in [2.75, 3.05) is 11.9 Å². The van der Waals surface area contributed by atoms with Crippen molar-refractivity contribution >= 4 is 39.2 Å². The molecule has 2 amide bonds. The topological polar surface area (TPSA) is 37.3 Å². The Kier molecular flexibility index (Phi) is 4.74. The highest BCUT2D eigenvalue weighted by Gasteiger charge is 2.32. The number of carbonyl (C=O) groups is 1. The Bertz CT molecular complexity index is 938. The molecule has 6 heteroatoms. The maximum absolute atomic E-state index is 13.0. The first kappa shape index (κ1) is 17.2. The average molecular weight is 431 g/mol. The maximum atomic E-state index is 13.0. The minimum absolute atomic E-state index is 0.132. The fourth-order valence-electron chi connectivity index (χ4n) is 3.36. The first-order chi connectivity index (χ1) is 12.6. The predicted molar refractivity (Wildman–Crippen MR) is 108 cm³/mol. The van der Waals surface area contributed by atoms with E-state index in [-0.39, 0.29) is 12.1 Å². The van der Waals surface area contributed by atoms with Gasteiger partial charge in [0.15, 0.2) is 0 Å². The third-order valence-electron chi connectivity index (χ3n) is 4.56. The van der Waals surface area contributed by atoms with Crippen molar-refractivity contribution < 1.29 is 4.79 Å². The van der Waals surface area contributed by atoms with Gasteiger partial charge in [-0.15, -0.1) is 0 Å². The lowest BCUT2D eigenvalue weighted by atomic mass is 10.0. The SMILES string of the molecule is O=C(Nc1cccc(Cl)c1)N1CCn2cccc2C1c1ccc(Br)cc1. The number of aromatic nitrogens is 1. The van der Waals surface area contributed by atoms with Crippen LogP contribution >= 0.6 is 27.5 Å². The van der Waals surface area contributed by atoms with Crippen molar-refractivity contribution in [2.24, 2.45) is 0 Å². The summed E-state index contributed by atoms with van der Waals surface area (Å²) < 4.78 is 3.22. The molecule has 0 radical (unpaired) electrons. The molecule has 0 spiro atoms. The number of fused-ring (bicyclic) bond motifs is 1. The molecule has 1 atom stereocenters. The van der Waals surface area contributed by atoms with E-state index < -0.39 is 0 Å². The molecule has 4 rings (SSSR count). The van der Waals surface area contributed by atoms with E-state index in [4.69, 9.17) is 11.6 Å². The first-order valence-electron chi connectivity index (χ1n) is 8.35. The molecule has 1 aliphatic heterocycles. The lowest BCUT2D eigenvalue weighted by Gasteiger charge is -2.37. The molecule has 0 bridgehead atoms. The van der Waals surface area contributed by atoms with Crippen LogP contribution in [0.5, 0.6) is 0 Å². The molecular formula is C20H17BrClN3O. The van der Waals surface area contributed by atoms with E-state index in [0.29, 0.717) is 17.3 Å². The summed E-state index contributed by atoms with van der Waals surface area (Å²) in [6.07, 6.45) is 2.06. The zero-order valence-electron chi connectivity index (χ0n) is 13.9. The fraction of sp³-hybridized carbons (Fsp3) is 0.150. The highest BCUT2D eigenvalue weighted by molar-refractivity contribution is 9.10. The molecule has 0 saturated carbocycles. The van der Waals surface area contributed by atoms with Gasteiger partial charge in [0, 0.05) is 40.2 Å². The molecule has 0 aliphatic carbocycles. The van der Waals surface area contributed by atoms with Crippen LogP contribution in [0.1, 0.15) is 17.3 Å². The zero-order chi connectivity index (χ0) is 18.1. The van der Waals surface area contributed by atoms with E-state index in [1.54, 1.807) is 12.1 Å². The van der Waals surface area contributed by atoms with Gasteiger partial charge in [0.05, 0.1) is 6.04 Å². The average Bonchev–Trinajstić information content (AvgIpc) is 3.10. The maximum Gasteiger partial charge on any atom is 0.322 e. The normalized spacial score (nSPS) is 16.2. The molecular weight excluding hydrogens is 414 g/mol. The molecule has 2 aromatic carbocycles. The van der Waals surface area contributed by atoms with Crippen molar-refractivity contribution in [1.29, 1.82) is 0 Å². The number of halogens is 2. The number of anilines is 1. The van der Waals surface area contributed by atoms with Crippen LogP contribution in [0, 0.1) is 0 Å². The third-order valence-corrected chi connectivity index (χ3v) is 5.32. The Balaban J connectivity index is 1.67. The Hall–Kier alpha value is -2.24. The van der Waals surface area contributed by atoms with Crippen molar-refractivity contribution in [3.8, 4) is 0 Å². The molecule has 0 saturated heterocycles. The van der Waals surface area contributed by atoms with Crippen molar-refractivity contribution in [1.82, 2.24) is 9.47 Å². The van der Waals surface area contributed by atoms with E-state index in [2.05, 4.69) is 50.2 Å². The second kappa shape index (κ2) is 7.17. The fourth-order valence-corrected chi connectivity index (χ4v) is 3.81. The Morgan fingerprint density at radius 1 is 1.08 bits per heavy atom. The molecule has 0 fully saturated rings. The summed E-state index contributed by atoms with van der Waals surface area (Å²) in [4.78, 5) is 14.9. The van der Waals surface area contributed by atoms with Crippen LogP contribution in [0.25, 0.3) is 0 Å². The third kappa shape index (κ3) is 3.37. The summed E-state index contributed by atoms with van der Waals surface area (Å²) in [6, 6.07) is 19.2. The van der Waals surface area contributed by atoms with E-state index in [1.807, 2.05) is 35.2 Å². The smallest absolute Gasteiger partial charge is 0.322 e. The largest absolute Gasteiger partial charge is 0.348 e. The standard InChI is InChI=1S/C20H17BrClN3O/c21-15-8-6-14(7-9-15)19-18-5-2-10-24(18)11-12-25(19)20(26)23-17-4-1-3-16(22)13-17/h1-10,13,19H,11-12H2,(H,23,26). The van der Waals surface area contributed by atoms with Gasteiger partial charge >= 0.3 is 6.03 Å². The van der Waals surface area contributed by atoms with Gasteiger partial charge in [-0.1, -0.05) is 45.7 Å². The predicted octanol–water partition coefficient (Wildman–Crippen LogP) is 5.54. The van der Waals surface area contributed by atoms with Crippen LogP contribution in [-0.2, 0) is 6.54 Å². The molecule has 26 heavy (non-hydrogen) atoms. The number of urea groups is 1. The van der Waals surface area contributed by atoms with Crippen LogP contribution in [0.2, 0.25) is 5.02 Å². The number of benzene rings is 2. The summed E-state index contributed by atoms with van der Waals surface area (Å²) >= 11 is 9.51. The lowest BCUT2D eigenvalue weighted by molar-refractivity contribution is 0.182. The Morgan fingerprint density at radius 2 is 1.88 bits per heavy atom. The quantitative estimate of drug-likeness (QED) is 0.569. The summed E-state index contributed by atoms with van der Waals surface area (Å²) in [5.74, 6) is 0. The minimum Gasteiger partial charge on any atom is -0.348 e. The van der Waals surface area contributed by atoms with Crippen LogP contribution in [0.15, 0.2) is 71.3 Å².